The highest BCUT2D eigenvalue weighted by Crippen LogP contribution is 2.24. The van der Waals surface area contributed by atoms with E-state index in [4.69, 9.17) is 10.8 Å². The van der Waals surface area contributed by atoms with Gasteiger partial charge in [-0.05, 0) is 18.1 Å². The van der Waals surface area contributed by atoms with E-state index in [0.717, 1.165) is 16.5 Å². The predicted octanol–water partition coefficient (Wildman–Crippen LogP) is 1.44. The highest BCUT2D eigenvalue weighted by molar-refractivity contribution is 5.87. The second-order valence-electron chi connectivity index (χ2n) is 4.39. The van der Waals surface area contributed by atoms with Crippen LogP contribution < -0.4 is 5.73 Å². The molecule has 0 saturated carbocycles. The summed E-state index contributed by atoms with van der Waals surface area (Å²) < 4.78 is 2.02. The molecule has 0 bridgehead atoms. The summed E-state index contributed by atoms with van der Waals surface area (Å²) in [6, 6.07) is 5.18. The number of aliphatic carboxylic acids is 1. The summed E-state index contributed by atoms with van der Waals surface area (Å²) in [5, 5.41) is 9.93. The Morgan fingerprint density at radius 3 is 2.88 bits per heavy atom. The Labute approximate surface area is 99.7 Å². The van der Waals surface area contributed by atoms with Gasteiger partial charge in [-0.2, -0.15) is 0 Å². The Kier molecular flexibility index (Phi) is 2.90. The number of rotatable bonds is 3. The van der Waals surface area contributed by atoms with Crippen LogP contribution in [0.3, 0.4) is 0 Å². The lowest BCUT2D eigenvalue weighted by Crippen LogP contribution is -2.32. The summed E-state index contributed by atoms with van der Waals surface area (Å²) in [5.41, 5.74) is 8.88. The predicted molar refractivity (Wildman–Crippen MR) is 67.0 cm³/mol. The molecule has 0 radical (unpaired) electrons. The van der Waals surface area contributed by atoms with E-state index in [-0.39, 0.29) is 0 Å². The molecule has 0 amide bonds. The third kappa shape index (κ3) is 2.03. The quantitative estimate of drug-likeness (QED) is 0.841. The van der Waals surface area contributed by atoms with Crippen LogP contribution in [0.25, 0.3) is 10.9 Å². The third-order valence-electron chi connectivity index (χ3n) is 3.04. The number of nitrogens with zero attached hydrogens (tertiary/aromatic N) is 1. The Morgan fingerprint density at radius 2 is 2.24 bits per heavy atom. The van der Waals surface area contributed by atoms with Gasteiger partial charge in [0.25, 0.3) is 0 Å². The number of hydrogen-bond acceptors (Lipinski definition) is 2. The van der Waals surface area contributed by atoms with Crippen LogP contribution in [0.15, 0.2) is 24.4 Å². The summed E-state index contributed by atoms with van der Waals surface area (Å²) in [7, 11) is 1.96. The first-order valence-corrected chi connectivity index (χ1v) is 5.52. The van der Waals surface area contributed by atoms with Gasteiger partial charge < -0.3 is 15.4 Å². The van der Waals surface area contributed by atoms with Crippen molar-refractivity contribution in [1.82, 2.24) is 4.57 Å². The van der Waals surface area contributed by atoms with E-state index in [1.54, 1.807) is 0 Å². The number of carboxylic acids is 1. The number of hydrogen-bond donors (Lipinski definition) is 2. The van der Waals surface area contributed by atoms with Gasteiger partial charge in [-0.15, -0.1) is 0 Å². The molecule has 2 rings (SSSR count). The number of fused-ring (bicyclic) bond motifs is 1. The van der Waals surface area contributed by atoms with Crippen molar-refractivity contribution in [3.63, 3.8) is 0 Å². The maximum absolute atomic E-state index is 10.8. The zero-order valence-electron chi connectivity index (χ0n) is 9.97. The van der Waals surface area contributed by atoms with Crippen molar-refractivity contribution in [2.24, 2.45) is 12.8 Å². The molecule has 3 N–H and O–H groups in total. The average molecular weight is 232 g/mol. The van der Waals surface area contributed by atoms with E-state index < -0.39 is 12.0 Å². The first-order valence-electron chi connectivity index (χ1n) is 5.52. The van der Waals surface area contributed by atoms with Crippen LogP contribution in [0, 0.1) is 6.92 Å². The molecule has 1 unspecified atom stereocenters. The standard InChI is InChI=1S/C13H16N2O2/c1-8-4-3-5-10-9(6-11(14)13(16)17)7-15(2)12(8)10/h3-5,7,11H,6,14H2,1-2H3,(H,16,17). The van der Waals surface area contributed by atoms with E-state index in [0.29, 0.717) is 6.42 Å². The fourth-order valence-electron chi connectivity index (χ4n) is 2.24. The van der Waals surface area contributed by atoms with Gasteiger partial charge in [0.05, 0.1) is 5.52 Å². The minimum absolute atomic E-state index is 0.357. The lowest BCUT2D eigenvalue weighted by atomic mass is 10.0. The molecule has 0 fully saturated rings. The third-order valence-corrected chi connectivity index (χ3v) is 3.04. The normalized spacial score (nSPS) is 12.9. The SMILES string of the molecule is Cc1cccc2c(CC(N)C(=O)O)cn(C)c12. The maximum Gasteiger partial charge on any atom is 0.320 e. The number of para-hydroxylation sites is 1. The van der Waals surface area contributed by atoms with E-state index in [2.05, 4.69) is 0 Å². The van der Waals surface area contributed by atoms with Crippen LogP contribution in [0.1, 0.15) is 11.1 Å². The number of carbonyl (C=O) groups is 1. The molecule has 4 heteroatoms. The average Bonchev–Trinajstić information content (AvgIpc) is 2.57. The summed E-state index contributed by atoms with van der Waals surface area (Å²) >= 11 is 0. The van der Waals surface area contributed by atoms with Gasteiger partial charge in [0.2, 0.25) is 0 Å². The van der Waals surface area contributed by atoms with E-state index >= 15 is 0 Å². The summed E-state index contributed by atoms with van der Waals surface area (Å²) in [5.74, 6) is -0.963. The number of benzene rings is 1. The van der Waals surface area contributed by atoms with Crippen LogP contribution >= 0.6 is 0 Å². The highest BCUT2D eigenvalue weighted by Gasteiger charge is 2.16. The Balaban J connectivity index is 2.49. The second kappa shape index (κ2) is 4.22. The van der Waals surface area contributed by atoms with Crippen LogP contribution in [0.4, 0.5) is 0 Å². The zero-order chi connectivity index (χ0) is 12.6. The van der Waals surface area contributed by atoms with Crippen LogP contribution in [-0.2, 0) is 18.3 Å². The first kappa shape index (κ1) is 11.7. The smallest absolute Gasteiger partial charge is 0.320 e. The van der Waals surface area contributed by atoms with Crippen molar-refractivity contribution >= 4 is 16.9 Å². The molecule has 0 spiro atoms. The van der Waals surface area contributed by atoms with Crippen molar-refractivity contribution in [2.45, 2.75) is 19.4 Å². The van der Waals surface area contributed by atoms with Crippen LogP contribution in [-0.4, -0.2) is 21.7 Å². The lowest BCUT2D eigenvalue weighted by molar-refractivity contribution is -0.138. The number of aryl methyl sites for hydroxylation is 2. The van der Waals surface area contributed by atoms with Crippen molar-refractivity contribution < 1.29 is 9.90 Å². The second-order valence-corrected chi connectivity index (χ2v) is 4.39. The first-order chi connectivity index (χ1) is 8.00. The van der Waals surface area contributed by atoms with Gasteiger partial charge in [-0.25, -0.2) is 0 Å². The van der Waals surface area contributed by atoms with Crippen LogP contribution in [0.5, 0.6) is 0 Å². The Hall–Kier alpha value is -1.81. The molecule has 1 aromatic carbocycles. The van der Waals surface area contributed by atoms with Crippen molar-refractivity contribution in [2.75, 3.05) is 0 Å². The van der Waals surface area contributed by atoms with Gasteiger partial charge in [-0.3, -0.25) is 4.79 Å². The largest absolute Gasteiger partial charge is 0.480 e. The van der Waals surface area contributed by atoms with Gasteiger partial charge in [-0.1, -0.05) is 18.2 Å². The molecule has 1 heterocycles. The van der Waals surface area contributed by atoms with E-state index in [1.165, 1.54) is 5.56 Å². The monoisotopic (exact) mass is 232 g/mol. The van der Waals surface area contributed by atoms with Gasteiger partial charge >= 0.3 is 5.97 Å². The molecule has 0 aliphatic rings. The molecule has 1 atom stereocenters. The topological polar surface area (TPSA) is 68.2 Å². The summed E-state index contributed by atoms with van der Waals surface area (Å²) in [6.45, 7) is 2.04. The molecule has 1 aromatic heterocycles. The molecular weight excluding hydrogens is 216 g/mol. The Morgan fingerprint density at radius 1 is 1.53 bits per heavy atom. The van der Waals surface area contributed by atoms with Crippen LogP contribution in [0.2, 0.25) is 0 Å². The molecule has 4 nitrogen and oxygen atoms in total. The van der Waals surface area contributed by atoms with Gasteiger partial charge in [0, 0.05) is 25.1 Å². The zero-order valence-corrected chi connectivity index (χ0v) is 9.97. The molecule has 90 valence electrons. The fourth-order valence-corrected chi connectivity index (χ4v) is 2.24. The van der Waals surface area contributed by atoms with E-state index in [1.807, 2.05) is 42.9 Å². The minimum Gasteiger partial charge on any atom is -0.480 e. The molecule has 0 aliphatic heterocycles. The molecule has 0 aliphatic carbocycles. The van der Waals surface area contributed by atoms with Crippen molar-refractivity contribution in [3.05, 3.63) is 35.5 Å². The molecular formula is C13H16N2O2. The van der Waals surface area contributed by atoms with Crippen molar-refractivity contribution in [1.29, 1.82) is 0 Å². The number of nitrogens with two attached hydrogens (primary N) is 1. The highest BCUT2D eigenvalue weighted by atomic mass is 16.4. The molecule has 0 saturated heterocycles. The van der Waals surface area contributed by atoms with Gasteiger partial charge in [0.15, 0.2) is 0 Å². The number of carboxylic acid groups (broad SMARTS) is 1. The summed E-state index contributed by atoms with van der Waals surface area (Å²) in [6.07, 6.45) is 2.32. The Bertz CT molecular complexity index is 572. The van der Waals surface area contributed by atoms with Gasteiger partial charge in [0.1, 0.15) is 6.04 Å². The van der Waals surface area contributed by atoms with Crippen molar-refractivity contribution in [3.8, 4) is 0 Å². The summed E-state index contributed by atoms with van der Waals surface area (Å²) in [4.78, 5) is 10.8. The van der Waals surface area contributed by atoms with E-state index in [9.17, 15) is 4.79 Å². The lowest BCUT2D eigenvalue weighted by Gasteiger charge is -2.04. The number of aromatic nitrogens is 1. The maximum atomic E-state index is 10.8. The fraction of sp³-hybridized carbons (Fsp3) is 0.308. The minimum atomic E-state index is -0.963. The molecule has 2 aromatic rings. The molecule has 17 heavy (non-hydrogen) atoms.